The number of carbonyl (C=O) groups excluding carboxylic acids is 2. The van der Waals surface area contributed by atoms with Crippen molar-refractivity contribution < 1.29 is 14.3 Å². The van der Waals surface area contributed by atoms with Crippen LogP contribution in [0.1, 0.15) is 36.0 Å². The van der Waals surface area contributed by atoms with Crippen molar-refractivity contribution in [3.05, 3.63) is 48.4 Å². The first-order chi connectivity index (χ1) is 15.6. The molecule has 2 aliphatic rings. The van der Waals surface area contributed by atoms with Crippen LogP contribution >= 0.6 is 0 Å². The van der Waals surface area contributed by atoms with Crippen LogP contribution < -0.4 is 16.0 Å². The number of methoxy groups -OCH3 is 1. The van der Waals surface area contributed by atoms with Gasteiger partial charge in [0.25, 0.3) is 5.91 Å². The number of carbonyl (C=O) groups is 2. The molecule has 0 aliphatic heterocycles. The molecule has 0 aromatic carbocycles. The van der Waals surface area contributed by atoms with E-state index in [1.54, 1.807) is 18.6 Å². The highest BCUT2D eigenvalue weighted by atomic mass is 16.5. The summed E-state index contributed by atoms with van der Waals surface area (Å²) in [5, 5.41) is 10.6. The highest BCUT2D eigenvalue weighted by molar-refractivity contribution is 6.00. The highest BCUT2D eigenvalue weighted by Gasteiger charge is 2.36. The van der Waals surface area contributed by atoms with Crippen LogP contribution in [0.5, 0.6) is 0 Å². The minimum Gasteiger partial charge on any atom is -0.469 e. The van der Waals surface area contributed by atoms with Crippen molar-refractivity contribution in [1.29, 1.82) is 0 Å². The Hall–Kier alpha value is -3.75. The normalized spacial score (nSPS) is 19.7. The Labute approximate surface area is 185 Å². The molecule has 9 nitrogen and oxygen atoms in total. The van der Waals surface area contributed by atoms with Crippen LogP contribution in [-0.4, -0.2) is 46.0 Å². The van der Waals surface area contributed by atoms with E-state index in [0.29, 0.717) is 36.1 Å². The number of pyridine rings is 3. The van der Waals surface area contributed by atoms with E-state index < -0.39 is 0 Å². The molecule has 2 saturated carbocycles. The second-order valence-corrected chi connectivity index (χ2v) is 8.29. The third-order valence-corrected chi connectivity index (χ3v) is 5.84. The highest BCUT2D eigenvalue weighted by Crippen LogP contribution is 2.31. The largest absolute Gasteiger partial charge is 0.469 e. The Balaban J connectivity index is 1.31. The van der Waals surface area contributed by atoms with Crippen LogP contribution in [0.3, 0.4) is 0 Å². The summed E-state index contributed by atoms with van der Waals surface area (Å²) in [7, 11) is 1.38. The number of fused-ring (bicyclic) bond motifs is 1. The van der Waals surface area contributed by atoms with Gasteiger partial charge in [-0.1, -0.05) is 0 Å². The van der Waals surface area contributed by atoms with Crippen molar-refractivity contribution in [3.8, 4) is 0 Å². The molecular weight excluding hydrogens is 408 g/mol. The van der Waals surface area contributed by atoms with Crippen molar-refractivity contribution in [3.63, 3.8) is 0 Å². The molecule has 164 valence electrons. The van der Waals surface area contributed by atoms with E-state index in [0.717, 1.165) is 29.4 Å². The van der Waals surface area contributed by atoms with Gasteiger partial charge in [-0.05, 0) is 43.9 Å². The lowest BCUT2D eigenvalue weighted by atomic mass is 9.80. The number of aromatic nitrogens is 3. The molecule has 0 atom stereocenters. The Bertz CT molecular complexity index is 1170. The maximum atomic E-state index is 12.9. The number of anilines is 3. The standard InChI is InChI=1S/C23H24N6O3/c1-32-23(31)14-8-16(9-14)27-22(30)17-12-25-21(10-19(17)26-15-3-4-15)29-20-5-2-13-11-24-7-6-18(13)28-20/h2,5-7,10-12,14-16H,3-4,8-9H2,1H3,(H,27,30)(H2,25,26,28,29)/t14-,16-. The fraction of sp³-hybridized carbons (Fsp3) is 0.348. The molecule has 0 bridgehead atoms. The van der Waals surface area contributed by atoms with Crippen LogP contribution in [0.4, 0.5) is 17.3 Å². The molecule has 0 radical (unpaired) electrons. The van der Waals surface area contributed by atoms with E-state index in [4.69, 9.17) is 4.74 Å². The molecule has 1 amide bonds. The van der Waals surface area contributed by atoms with E-state index in [1.807, 2.05) is 24.3 Å². The number of hydrogen-bond donors (Lipinski definition) is 3. The number of esters is 1. The van der Waals surface area contributed by atoms with E-state index in [9.17, 15) is 9.59 Å². The molecule has 3 N–H and O–H groups in total. The molecule has 5 rings (SSSR count). The molecular formula is C23H24N6O3. The van der Waals surface area contributed by atoms with Gasteiger partial charge >= 0.3 is 5.97 Å². The molecule has 3 heterocycles. The second kappa shape index (κ2) is 8.41. The van der Waals surface area contributed by atoms with Crippen LogP contribution in [0, 0.1) is 5.92 Å². The monoisotopic (exact) mass is 432 g/mol. The third-order valence-electron chi connectivity index (χ3n) is 5.84. The van der Waals surface area contributed by atoms with Gasteiger partial charge in [-0.2, -0.15) is 0 Å². The van der Waals surface area contributed by atoms with Crippen molar-refractivity contribution in [2.45, 2.75) is 37.8 Å². The number of ether oxygens (including phenoxy) is 1. The van der Waals surface area contributed by atoms with E-state index >= 15 is 0 Å². The number of nitrogens with zero attached hydrogens (tertiary/aromatic N) is 3. The van der Waals surface area contributed by atoms with Crippen LogP contribution in [0.15, 0.2) is 42.9 Å². The van der Waals surface area contributed by atoms with Gasteiger partial charge in [0.1, 0.15) is 11.6 Å². The van der Waals surface area contributed by atoms with Gasteiger partial charge in [-0.25, -0.2) is 9.97 Å². The molecule has 3 aromatic rings. The summed E-state index contributed by atoms with van der Waals surface area (Å²) < 4.78 is 4.76. The molecule has 0 spiro atoms. The quantitative estimate of drug-likeness (QED) is 0.488. The van der Waals surface area contributed by atoms with Gasteiger partial charge in [0, 0.05) is 42.1 Å². The second-order valence-electron chi connectivity index (χ2n) is 8.29. The number of nitrogens with one attached hydrogen (secondary N) is 3. The van der Waals surface area contributed by atoms with E-state index in [-0.39, 0.29) is 23.8 Å². The summed E-state index contributed by atoms with van der Waals surface area (Å²) >= 11 is 0. The lowest BCUT2D eigenvalue weighted by molar-refractivity contribution is -0.149. The smallest absolute Gasteiger partial charge is 0.308 e. The summed E-state index contributed by atoms with van der Waals surface area (Å²) in [6.07, 6.45) is 8.40. The van der Waals surface area contributed by atoms with Crippen LogP contribution in [0.2, 0.25) is 0 Å². The molecule has 2 aliphatic carbocycles. The summed E-state index contributed by atoms with van der Waals surface area (Å²) in [6.45, 7) is 0. The van der Waals surface area contributed by atoms with Crippen LogP contribution in [0.25, 0.3) is 10.9 Å². The summed E-state index contributed by atoms with van der Waals surface area (Å²) in [5.41, 5.74) is 2.06. The molecule has 3 aromatic heterocycles. The zero-order chi connectivity index (χ0) is 22.1. The average molecular weight is 432 g/mol. The zero-order valence-electron chi connectivity index (χ0n) is 17.7. The van der Waals surface area contributed by atoms with E-state index in [1.165, 1.54) is 7.11 Å². The fourth-order valence-corrected chi connectivity index (χ4v) is 3.80. The van der Waals surface area contributed by atoms with Crippen molar-refractivity contribution >= 4 is 40.1 Å². The number of rotatable bonds is 7. The molecule has 0 unspecified atom stereocenters. The Morgan fingerprint density at radius 2 is 1.91 bits per heavy atom. The Morgan fingerprint density at radius 3 is 2.69 bits per heavy atom. The predicted octanol–water partition coefficient (Wildman–Crippen LogP) is 3.02. The van der Waals surface area contributed by atoms with Gasteiger partial charge in [0.05, 0.1) is 29.8 Å². The molecule has 0 saturated heterocycles. The number of hydrogen-bond acceptors (Lipinski definition) is 8. The first kappa shape index (κ1) is 20.2. The maximum Gasteiger partial charge on any atom is 0.308 e. The summed E-state index contributed by atoms with van der Waals surface area (Å²) in [5.74, 6) is 0.706. The predicted molar refractivity (Wildman–Crippen MR) is 120 cm³/mol. The lowest BCUT2D eigenvalue weighted by Gasteiger charge is -2.33. The average Bonchev–Trinajstić information content (AvgIpc) is 3.59. The van der Waals surface area contributed by atoms with Crippen molar-refractivity contribution in [1.82, 2.24) is 20.3 Å². The van der Waals surface area contributed by atoms with Crippen LogP contribution in [-0.2, 0) is 9.53 Å². The minimum atomic E-state index is -0.220. The van der Waals surface area contributed by atoms with Gasteiger partial charge in [-0.15, -0.1) is 0 Å². The Kier molecular flexibility index (Phi) is 5.30. The topological polar surface area (TPSA) is 118 Å². The van der Waals surface area contributed by atoms with Crippen molar-refractivity contribution in [2.75, 3.05) is 17.7 Å². The fourth-order valence-electron chi connectivity index (χ4n) is 3.80. The molecule has 2 fully saturated rings. The summed E-state index contributed by atoms with van der Waals surface area (Å²) in [6, 6.07) is 7.85. The van der Waals surface area contributed by atoms with Gasteiger partial charge in [0.15, 0.2) is 0 Å². The van der Waals surface area contributed by atoms with Crippen molar-refractivity contribution in [2.24, 2.45) is 5.92 Å². The third kappa shape index (κ3) is 4.32. The van der Waals surface area contributed by atoms with Gasteiger partial charge in [-0.3, -0.25) is 14.6 Å². The number of amides is 1. The maximum absolute atomic E-state index is 12.9. The lowest BCUT2D eigenvalue weighted by Crippen LogP contribution is -2.47. The molecule has 32 heavy (non-hydrogen) atoms. The van der Waals surface area contributed by atoms with Gasteiger partial charge < -0.3 is 20.7 Å². The first-order valence-electron chi connectivity index (χ1n) is 10.7. The SMILES string of the molecule is COC(=O)[C@H]1C[C@H](NC(=O)c2cnc(Nc3ccc4cnccc4n3)cc2NC2CC2)C1. The first-order valence-corrected chi connectivity index (χ1v) is 10.7. The summed E-state index contributed by atoms with van der Waals surface area (Å²) in [4.78, 5) is 37.6. The zero-order valence-corrected chi connectivity index (χ0v) is 17.7. The molecule has 9 heteroatoms. The Morgan fingerprint density at radius 1 is 1.06 bits per heavy atom. The van der Waals surface area contributed by atoms with E-state index in [2.05, 4.69) is 30.9 Å². The minimum absolute atomic E-state index is 0.0329. The van der Waals surface area contributed by atoms with Gasteiger partial charge in [0.2, 0.25) is 0 Å².